The summed E-state index contributed by atoms with van der Waals surface area (Å²) in [4.78, 5) is 11.3. The van der Waals surface area contributed by atoms with Crippen molar-refractivity contribution >= 4 is 11.6 Å². The van der Waals surface area contributed by atoms with E-state index in [0.717, 1.165) is 12.1 Å². The third kappa shape index (κ3) is 3.60. The van der Waals surface area contributed by atoms with Gasteiger partial charge in [0.2, 0.25) is 5.92 Å². The number of hydrazine groups is 1. The summed E-state index contributed by atoms with van der Waals surface area (Å²) in [5.74, 6) is -1.42. The standard InChI is InChI=1S/C10H8F6N2O/c11-9(12,13)7(10(14,15)16)8(19)18(17)6-4-2-1-3-5-6/h1-5,7H,17H2. The molecule has 106 valence electrons. The Hall–Kier alpha value is -1.77. The van der Waals surface area contributed by atoms with Gasteiger partial charge in [0.05, 0.1) is 5.69 Å². The largest absolute Gasteiger partial charge is 0.409 e. The van der Waals surface area contributed by atoms with Crippen LogP contribution < -0.4 is 10.9 Å². The molecule has 0 aromatic heterocycles. The quantitative estimate of drug-likeness (QED) is 0.393. The van der Waals surface area contributed by atoms with E-state index in [2.05, 4.69) is 0 Å². The summed E-state index contributed by atoms with van der Waals surface area (Å²) in [7, 11) is 0. The normalized spacial score (nSPS) is 12.6. The average Bonchev–Trinajstić information content (AvgIpc) is 2.25. The molecule has 0 saturated heterocycles. The van der Waals surface area contributed by atoms with E-state index in [1.54, 1.807) is 0 Å². The van der Waals surface area contributed by atoms with Crippen LogP contribution in [0.1, 0.15) is 0 Å². The third-order valence-electron chi connectivity index (χ3n) is 2.17. The number of carbonyl (C=O) groups is 1. The molecule has 0 fully saturated rings. The zero-order valence-electron chi connectivity index (χ0n) is 9.16. The van der Waals surface area contributed by atoms with Crippen LogP contribution in [0.5, 0.6) is 0 Å². The van der Waals surface area contributed by atoms with Gasteiger partial charge in [0.1, 0.15) is 0 Å². The van der Waals surface area contributed by atoms with Crippen LogP contribution in [0.3, 0.4) is 0 Å². The first-order chi connectivity index (χ1) is 8.55. The minimum atomic E-state index is -5.76. The fourth-order valence-corrected chi connectivity index (χ4v) is 1.32. The number of carbonyl (C=O) groups excluding carboxylic acids is 1. The maximum absolute atomic E-state index is 12.3. The van der Waals surface area contributed by atoms with Gasteiger partial charge in [0, 0.05) is 0 Å². The predicted octanol–water partition coefficient (Wildman–Crippen LogP) is 2.63. The minimum absolute atomic E-state index is 0.161. The van der Waals surface area contributed by atoms with E-state index in [-0.39, 0.29) is 10.7 Å². The number of para-hydroxylation sites is 1. The number of anilines is 1. The van der Waals surface area contributed by atoms with Crippen molar-refractivity contribution in [1.82, 2.24) is 0 Å². The summed E-state index contributed by atoms with van der Waals surface area (Å²) in [6.07, 6.45) is -11.5. The lowest BCUT2D eigenvalue weighted by Crippen LogP contribution is -2.52. The van der Waals surface area contributed by atoms with Crippen molar-refractivity contribution < 1.29 is 31.1 Å². The Balaban J connectivity index is 3.09. The monoisotopic (exact) mass is 286 g/mol. The lowest BCUT2D eigenvalue weighted by Gasteiger charge is -2.26. The highest BCUT2D eigenvalue weighted by molar-refractivity contribution is 5.94. The predicted molar refractivity (Wildman–Crippen MR) is 53.7 cm³/mol. The van der Waals surface area contributed by atoms with Crippen LogP contribution in [-0.2, 0) is 4.79 Å². The maximum Gasteiger partial charge on any atom is 0.409 e. The van der Waals surface area contributed by atoms with Crippen molar-refractivity contribution in [3.63, 3.8) is 0 Å². The number of rotatable bonds is 2. The van der Waals surface area contributed by atoms with Crippen molar-refractivity contribution in [1.29, 1.82) is 0 Å². The summed E-state index contributed by atoms with van der Waals surface area (Å²) in [6, 6.07) is 6.33. The fraction of sp³-hybridized carbons (Fsp3) is 0.300. The van der Waals surface area contributed by atoms with Gasteiger partial charge < -0.3 is 0 Å². The molecule has 0 saturated carbocycles. The molecule has 0 atom stereocenters. The van der Waals surface area contributed by atoms with Gasteiger partial charge in [-0.15, -0.1) is 0 Å². The van der Waals surface area contributed by atoms with Gasteiger partial charge in [-0.25, -0.2) is 10.9 Å². The summed E-state index contributed by atoms with van der Waals surface area (Å²) >= 11 is 0. The van der Waals surface area contributed by atoms with Gasteiger partial charge in [-0.3, -0.25) is 4.79 Å². The number of benzene rings is 1. The Morgan fingerprint density at radius 1 is 1.00 bits per heavy atom. The lowest BCUT2D eigenvalue weighted by atomic mass is 10.1. The third-order valence-corrected chi connectivity index (χ3v) is 2.17. The average molecular weight is 286 g/mol. The van der Waals surface area contributed by atoms with E-state index in [9.17, 15) is 31.1 Å². The molecule has 1 rings (SSSR count). The number of alkyl halides is 6. The van der Waals surface area contributed by atoms with Gasteiger partial charge in [0.25, 0.3) is 5.91 Å². The van der Waals surface area contributed by atoms with Crippen molar-refractivity contribution in [3.05, 3.63) is 30.3 Å². The van der Waals surface area contributed by atoms with E-state index >= 15 is 0 Å². The smallest absolute Gasteiger partial charge is 0.272 e. The summed E-state index contributed by atoms with van der Waals surface area (Å²) in [6.45, 7) is 0. The highest BCUT2D eigenvalue weighted by atomic mass is 19.4. The van der Waals surface area contributed by atoms with Crippen LogP contribution >= 0.6 is 0 Å². The zero-order valence-corrected chi connectivity index (χ0v) is 9.16. The first-order valence-electron chi connectivity index (χ1n) is 4.82. The molecule has 1 amide bonds. The highest BCUT2D eigenvalue weighted by Crippen LogP contribution is 2.40. The molecule has 0 spiro atoms. The van der Waals surface area contributed by atoms with Crippen LogP contribution in [-0.4, -0.2) is 18.3 Å². The van der Waals surface area contributed by atoms with Gasteiger partial charge in [-0.1, -0.05) is 18.2 Å². The highest BCUT2D eigenvalue weighted by Gasteiger charge is 2.62. The van der Waals surface area contributed by atoms with Gasteiger partial charge in [-0.05, 0) is 12.1 Å². The Labute approximate surface area is 103 Å². The molecule has 2 N–H and O–H groups in total. The number of halogens is 6. The second kappa shape index (κ2) is 5.08. The molecular formula is C10H8F6N2O. The van der Waals surface area contributed by atoms with Crippen LogP contribution in [0.15, 0.2) is 30.3 Å². The van der Waals surface area contributed by atoms with Crippen LogP contribution in [0.4, 0.5) is 32.0 Å². The molecule has 19 heavy (non-hydrogen) atoms. The summed E-state index contributed by atoms with van der Waals surface area (Å²) < 4.78 is 73.9. The first-order valence-corrected chi connectivity index (χ1v) is 4.82. The van der Waals surface area contributed by atoms with Gasteiger partial charge in [-0.2, -0.15) is 26.3 Å². The van der Waals surface area contributed by atoms with E-state index in [1.807, 2.05) is 0 Å². The van der Waals surface area contributed by atoms with Crippen molar-refractivity contribution in [3.8, 4) is 0 Å². The second-order valence-electron chi connectivity index (χ2n) is 3.56. The summed E-state index contributed by atoms with van der Waals surface area (Å²) in [5.41, 5.74) is -0.272. The molecule has 0 aliphatic heterocycles. The van der Waals surface area contributed by atoms with E-state index in [0.29, 0.717) is 0 Å². The van der Waals surface area contributed by atoms with Gasteiger partial charge >= 0.3 is 12.4 Å². The molecule has 0 unspecified atom stereocenters. The fourth-order valence-electron chi connectivity index (χ4n) is 1.32. The van der Waals surface area contributed by atoms with Crippen molar-refractivity contribution in [2.24, 2.45) is 11.8 Å². The number of nitrogens with two attached hydrogens (primary N) is 1. The molecule has 0 bridgehead atoms. The second-order valence-corrected chi connectivity index (χ2v) is 3.56. The number of amides is 1. The summed E-state index contributed by atoms with van der Waals surface area (Å²) in [5, 5.41) is -0.161. The number of hydrogen-bond donors (Lipinski definition) is 1. The Kier molecular flexibility index (Phi) is 4.09. The van der Waals surface area contributed by atoms with Crippen LogP contribution in [0.2, 0.25) is 0 Å². The molecule has 3 nitrogen and oxygen atoms in total. The van der Waals surface area contributed by atoms with E-state index < -0.39 is 24.2 Å². The van der Waals surface area contributed by atoms with Gasteiger partial charge in [0.15, 0.2) is 0 Å². The topological polar surface area (TPSA) is 46.3 Å². The number of nitrogens with zero attached hydrogens (tertiary/aromatic N) is 1. The molecule has 0 heterocycles. The molecule has 9 heteroatoms. The van der Waals surface area contributed by atoms with E-state index in [4.69, 9.17) is 5.84 Å². The van der Waals surface area contributed by atoms with Crippen LogP contribution in [0.25, 0.3) is 0 Å². The van der Waals surface area contributed by atoms with Crippen molar-refractivity contribution in [2.45, 2.75) is 12.4 Å². The molecule has 0 aliphatic carbocycles. The number of hydrogen-bond acceptors (Lipinski definition) is 2. The molecule has 1 aromatic carbocycles. The van der Waals surface area contributed by atoms with Crippen LogP contribution in [0, 0.1) is 5.92 Å². The molecule has 0 radical (unpaired) electrons. The van der Waals surface area contributed by atoms with Crippen molar-refractivity contribution in [2.75, 3.05) is 5.01 Å². The molecule has 1 aromatic rings. The molecular weight excluding hydrogens is 278 g/mol. The maximum atomic E-state index is 12.3. The Morgan fingerprint density at radius 3 is 1.79 bits per heavy atom. The Bertz CT molecular complexity index is 428. The first kappa shape index (κ1) is 15.3. The Morgan fingerprint density at radius 2 is 1.42 bits per heavy atom. The zero-order chi connectivity index (χ0) is 14.8. The van der Waals surface area contributed by atoms with E-state index in [1.165, 1.54) is 18.2 Å². The molecule has 0 aliphatic rings. The SMILES string of the molecule is NN(C(=O)C(C(F)(F)F)C(F)(F)F)c1ccccc1. The lowest BCUT2D eigenvalue weighted by molar-refractivity contribution is -0.273. The minimum Gasteiger partial charge on any atom is -0.272 e.